The fourth-order valence-corrected chi connectivity index (χ4v) is 2.02. The maximum absolute atomic E-state index is 5.76. The first-order valence-electron chi connectivity index (χ1n) is 7.19. The van der Waals surface area contributed by atoms with Gasteiger partial charge < -0.3 is 10.1 Å². The Labute approximate surface area is 112 Å². The van der Waals surface area contributed by atoms with Crippen LogP contribution in [-0.2, 0) is 0 Å². The summed E-state index contributed by atoms with van der Waals surface area (Å²) < 4.78 is 5.76. The summed E-state index contributed by atoms with van der Waals surface area (Å²) >= 11 is 0. The van der Waals surface area contributed by atoms with Crippen molar-refractivity contribution in [3.63, 3.8) is 0 Å². The lowest BCUT2D eigenvalue weighted by Crippen LogP contribution is -2.29. The number of rotatable bonds is 9. The molecule has 0 amide bonds. The van der Waals surface area contributed by atoms with Crippen molar-refractivity contribution in [3.8, 4) is 5.75 Å². The average Bonchev–Trinajstić information content (AvgIpc) is 2.38. The van der Waals surface area contributed by atoms with Crippen LogP contribution in [0.4, 0.5) is 0 Å². The van der Waals surface area contributed by atoms with Crippen molar-refractivity contribution in [1.82, 2.24) is 5.32 Å². The van der Waals surface area contributed by atoms with Crippen LogP contribution in [0.3, 0.4) is 0 Å². The second kappa shape index (κ2) is 8.98. The highest BCUT2D eigenvalue weighted by molar-refractivity contribution is 5.27. The first-order valence-corrected chi connectivity index (χ1v) is 7.19. The molecule has 2 nitrogen and oxygen atoms in total. The number of ether oxygens (including phenoxy) is 1. The van der Waals surface area contributed by atoms with Crippen LogP contribution in [0.15, 0.2) is 24.3 Å². The van der Waals surface area contributed by atoms with E-state index in [0.29, 0.717) is 6.04 Å². The van der Waals surface area contributed by atoms with Gasteiger partial charge in [-0.15, -0.1) is 0 Å². The second-order valence-corrected chi connectivity index (χ2v) is 4.87. The molecule has 2 heteroatoms. The molecule has 1 aromatic rings. The summed E-state index contributed by atoms with van der Waals surface area (Å²) in [5.74, 6) is 0.990. The Balaban J connectivity index is 2.17. The Morgan fingerprint density at radius 3 is 2.78 bits per heavy atom. The van der Waals surface area contributed by atoms with Crippen molar-refractivity contribution < 1.29 is 4.74 Å². The Hall–Kier alpha value is -1.02. The smallest absolute Gasteiger partial charge is 0.119 e. The topological polar surface area (TPSA) is 21.3 Å². The van der Waals surface area contributed by atoms with E-state index >= 15 is 0 Å². The van der Waals surface area contributed by atoms with E-state index in [0.717, 1.165) is 25.3 Å². The first kappa shape index (κ1) is 15.0. The molecule has 1 N–H and O–H groups in total. The number of hydrogen-bond acceptors (Lipinski definition) is 2. The highest BCUT2D eigenvalue weighted by atomic mass is 16.5. The van der Waals surface area contributed by atoms with Gasteiger partial charge in [0.1, 0.15) is 5.75 Å². The van der Waals surface area contributed by atoms with E-state index in [1.54, 1.807) is 0 Å². The molecule has 0 heterocycles. The van der Waals surface area contributed by atoms with Crippen molar-refractivity contribution >= 4 is 0 Å². The van der Waals surface area contributed by atoms with Crippen LogP contribution in [0.25, 0.3) is 0 Å². The van der Waals surface area contributed by atoms with Crippen molar-refractivity contribution in [2.24, 2.45) is 0 Å². The minimum atomic E-state index is 0.644. The van der Waals surface area contributed by atoms with Gasteiger partial charge in [0.25, 0.3) is 0 Å². The predicted octanol–water partition coefficient (Wildman–Crippen LogP) is 3.93. The number of nitrogens with one attached hydrogen (secondary N) is 1. The lowest BCUT2D eigenvalue weighted by atomic mass is 10.1. The van der Waals surface area contributed by atoms with Gasteiger partial charge in [0.2, 0.25) is 0 Å². The quantitative estimate of drug-likeness (QED) is 0.669. The van der Waals surface area contributed by atoms with Gasteiger partial charge in [0, 0.05) is 6.04 Å². The van der Waals surface area contributed by atoms with Gasteiger partial charge in [0.15, 0.2) is 0 Å². The SMILES string of the molecule is CCCNC(CC)CCCOc1cccc(C)c1. The van der Waals surface area contributed by atoms with E-state index in [1.807, 2.05) is 12.1 Å². The van der Waals surface area contributed by atoms with Crippen LogP contribution < -0.4 is 10.1 Å². The van der Waals surface area contributed by atoms with Crippen LogP contribution in [0, 0.1) is 6.92 Å². The third-order valence-electron chi connectivity index (χ3n) is 3.13. The lowest BCUT2D eigenvalue weighted by Gasteiger charge is -2.16. The maximum Gasteiger partial charge on any atom is 0.119 e. The maximum atomic E-state index is 5.76. The van der Waals surface area contributed by atoms with Gasteiger partial charge in [-0.1, -0.05) is 26.0 Å². The summed E-state index contributed by atoms with van der Waals surface area (Å²) in [6.45, 7) is 8.48. The van der Waals surface area contributed by atoms with Gasteiger partial charge in [-0.2, -0.15) is 0 Å². The molecule has 18 heavy (non-hydrogen) atoms. The van der Waals surface area contributed by atoms with Crippen molar-refractivity contribution in [2.75, 3.05) is 13.2 Å². The fourth-order valence-electron chi connectivity index (χ4n) is 2.02. The molecular formula is C16H27NO. The highest BCUT2D eigenvalue weighted by Gasteiger charge is 2.04. The summed E-state index contributed by atoms with van der Waals surface area (Å²) in [4.78, 5) is 0. The largest absolute Gasteiger partial charge is 0.494 e. The summed E-state index contributed by atoms with van der Waals surface area (Å²) in [6, 6.07) is 8.90. The Morgan fingerprint density at radius 2 is 2.11 bits per heavy atom. The van der Waals surface area contributed by atoms with E-state index in [9.17, 15) is 0 Å². The van der Waals surface area contributed by atoms with Gasteiger partial charge in [-0.25, -0.2) is 0 Å². The number of hydrogen-bond donors (Lipinski definition) is 1. The van der Waals surface area contributed by atoms with Crippen LogP contribution in [0.5, 0.6) is 5.75 Å². The first-order chi connectivity index (χ1) is 8.76. The van der Waals surface area contributed by atoms with Gasteiger partial charge >= 0.3 is 0 Å². The van der Waals surface area contributed by atoms with E-state index in [4.69, 9.17) is 4.74 Å². The molecule has 1 unspecified atom stereocenters. The number of aryl methyl sites for hydroxylation is 1. The van der Waals surface area contributed by atoms with E-state index < -0.39 is 0 Å². The highest BCUT2D eigenvalue weighted by Crippen LogP contribution is 2.13. The molecule has 102 valence electrons. The fraction of sp³-hybridized carbons (Fsp3) is 0.625. The molecule has 0 saturated heterocycles. The molecule has 0 aliphatic heterocycles. The van der Waals surface area contributed by atoms with Crippen LogP contribution in [-0.4, -0.2) is 19.2 Å². The van der Waals surface area contributed by atoms with Crippen molar-refractivity contribution in [1.29, 1.82) is 0 Å². The van der Waals surface area contributed by atoms with Gasteiger partial charge in [0.05, 0.1) is 6.61 Å². The Kier molecular flexibility index (Phi) is 7.51. The second-order valence-electron chi connectivity index (χ2n) is 4.87. The van der Waals surface area contributed by atoms with Crippen LogP contribution in [0.1, 0.15) is 45.1 Å². The van der Waals surface area contributed by atoms with Crippen LogP contribution >= 0.6 is 0 Å². The summed E-state index contributed by atoms with van der Waals surface area (Å²) in [5, 5.41) is 3.57. The molecule has 0 aliphatic carbocycles. The molecular weight excluding hydrogens is 222 g/mol. The molecule has 0 spiro atoms. The monoisotopic (exact) mass is 249 g/mol. The third-order valence-corrected chi connectivity index (χ3v) is 3.13. The molecule has 0 aromatic heterocycles. The molecule has 0 saturated carbocycles. The molecule has 1 aromatic carbocycles. The van der Waals surface area contributed by atoms with Gasteiger partial charge in [-0.3, -0.25) is 0 Å². The molecule has 1 atom stereocenters. The Bertz CT molecular complexity index is 325. The standard InChI is InChI=1S/C16H27NO/c1-4-11-17-15(5-2)9-7-12-18-16-10-6-8-14(3)13-16/h6,8,10,13,15,17H,4-5,7,9,11-12H2,1-3H3. The molecule has 0 radical (unpaired) electrons. The number of benzene rings is 1. The molecule has 0 fully saturated rings. The average molecular weight is 249 g/mol. The summed E-state index contributed by atoms with van der Waals surface area (Å²) in [5.41, 5.74) is 1.25. The van der Waals surface area contributed by atoms with E-state index in [2.05, 4.69) is 38.2 Å². The third kappa shape index (κ3) is 6.06. The summed E-state index contributed by atoms with van der Waals surface area (Å²) in [6.07, 6.45) is 4.71. The zero-order chi connectivity index (χ0) is 13.2. The summed E-state index contributed by atoms with van der Waals surface area (Å²) in [7, 11) is 0. The minimum absolute atomic E-state index is 0.644. The van der Waals surface area contributed by atoms with Crippen molar-refractivity contribution in [3.05, 3.63) is 29.8 Å². The molecule has 0 aliphatic rings. The lowest BCUT2D eigenvalue weighted by molar-refractivity contribution is 0.294. The normalized spacial score (nSPS) is 12.4. The zero-order valence-electron chi connectivity index (χ0n) is 12.0. The van der Waals surface area contributed by atoms with Crippen molar-refractivity contribution in [2.45, 2.75) is 52.5 Å². The zero-order valence-corrected chi connectivity index (χ0v) is 12.0. The van der Waals surface area contributed by atoms with Crippen LogP contribution in [0.2, 0.25) is 0 Å². The van der Waals surface area contributed by atoms with Gasteiger partial charge in [-0.05, 0) is 56.8 Å². The van der Waals surface area contributed by atoms with E-state index in [1.165, 1.54) is 24.8 Å². The minimum Gasteiger partial charge on any atom is -0.494 e. The van der Waals surface area contributed by atoms with E-state index in [-0.39, 0.29) is 0 Å². The molecule has 1 rings (SSSR count). The molecule has 0 bridgehead atoms. The Morgan fingerprint density at radius 1 is 1.28 bits per heavy atom. The predicted molar refractivity (Wildman–Crippen MR) is 78.3 cm³/mol.